The van der Waals surface area contributed by atoms with E-state index in [9.17, 15) is 14.3 Å². The molecule has 6 heteroatoms. The van der Waals surface area contributed by atoms with Gasteiger partial charge >= 0.3 is 6.03 Å². The van der Waals surface area contributed by atoms with Crippen molar-refractivity contribution in [1.82, 2.24) is 4.90 Å². The van der Waals surface area contributed by atoms with E-state index < -0.39 is 11.9 Å². The minimum Gasteiger partial charge on any atom is -0.508 e. The van der Waals surface area contributed by atoms with Crippen molar-refractivity contribution in [2.24, 2.45) is 10.7 Å². The van der Waals surface area contributed by atoms with Gasteiger partial charge in [0.25, 0.3) is 0 Å². The standard InChI is InChI=1S/C12H12FN3O2/c13-7-3-6(4-9(17)5-7)10-11(14)15-12(18)16(10)8-1-2-8/h3-5,8,10,17H,1-2H2,(H2,14,15,18). The number of benzene rings is 1. The Hall–Kier alpha value is -2.11. The summed E-state index contributed by atoms with van der Waals surface area (Å²) < 4.78 is 13.3. The van der Waals surface area contributed by atoms with Crippen LogP contribution < -0.4 is 5.73 Å². The van der Waals surface area contributed by atoms with Crippen molar-refractivity contribution >= 4 is 11.9 Å². The first kappa shape index (κ1) is 11.0. The molecule has 94 valence electrons. The van der Waals surface area contributed by atoms with Crippen molar-refractivity contribution in [3.63, 3.8) is 0 Å². The summed E-state index contributed by atoms with van der Waals surface area (Å²) in [5.41, 5.74) is 6.19. The Morgan fingerprint density at radius 1 is 1.39 bits per heavy atom. The number of aliphatic imine (C=N–C) groups is 1. The maximum Gasteiger partial charge on any atom is 0.346 e. The molecule has 0 bridgehead atoms. The largest absolute Gasteiger partial charge is 0.508 e. The highest BCUT2D eigenvalue weighted by Gasteiger charge is 2.43. The molecule has 1 fully saturated rings. The summed E-state index contributed by atoms with van der Waals surface area (Å²) in [6, 6.07) is 2.85. The highest BCUT2D eigenvalue weighted by atomic mass is 19.1. The van der Waals surface area contributed by atoms with Crippen LogP contribution in [0, 0.1) is 5.82 Å². The SMILES string of the molecule is NC1=NC(=O)N(C2CC2)C1c1cc(O)cc(F)c1. The number of urea groups is 1. The number of amidine groups is 1. The van der Waals surface area contributed by atoms with Gasteiger partial charge in [-0.25, -0.2) is 9.18 Å². The van der Waals surface area contributed by atoms with Crippen LogP contribution in [0.1, 0.15) is 24.4 Å². The summed E-state index contributed by atoms with van der Waals surface area (Å²) in [5, 5.41) is 9.42. The molecule has 18 heavy (non-hydrogen) atoms. The molecule has 5 nitrogen and oxygen atoms in total. The first-order valence-electron chi connectivity index (χ1n) is 5.72. The van der Waals surface area contributed by atoms with Gasteiger partial charge in [0, 0.05) is 12.1 Å². The predicted molar refractivity (Wildman–Crippen MR) is 62.7 cm³/mol. The fourth-order valence-electron chi connectivity index (χ4n) is 2.29. The summed E-state index contributed by atoms with van der Waals surface area (Å²) in [5.74, 6) is -0.599. The minimum atomic E-state index is -0.563. The number of rotatable bonds is 2. The third-order valence-electron chi connectivity index (χ3n) is 3.16. The van der Waals surface area contributed by atoms with Crippen molar-refractivity contribution in [3.05, 3.63) is 29.6 Å². The van der Waals surface area contributed by atoms with Crippen molar-refractivity contribution in [2.75, 3.05) is 0 Å². The predicted octanol–water partition coefficient (Wildman–Crippen LogP) is 1.53. The number of halogens is 1. The van der Waals surface area contributed by atoms with Gasteiger partial charge in [0.2, 0.25) is 0 Å². The average Bonchev–Trinajstić information content (AvgIpc) is 3.03. The van der Waals surface area contributed by atoms with Crippen LogP contribution >= 0.6 is 0 Å². The second-order valence-electron chi connectivity index (χ2n) is 4.60. The Morgan fingerprint density at radius 2 is 2.11 bits per heavy atom. The molecular formula is C12H12FN3O2. The number of nitrogens with zero attached hydrogens (tertiary/aromatic N) is 2. The van der Waals surface area contributed by atoms with Gasteiger partial charge < -0.3 is 15.7 Å². The number of phenolic OH excluding ortho intramolecular Hbond substituents is 1. The van der Waals surface area contributed by atoms with Crippen LogP contribution in [0.2, 0.25) is 0 Å². The monoisotopic (exact) mass is 249 g/mol. The summed E-state index contributed by atoms with van der Waals surface area (Å²) in [4.78, 5) is 17.0. The first-order chi connectivity index (χ1) is 8.56. The van der Waals surface area contributed by atoms with Gasteiger partial charge in [-0.05, 0) is 30.5 Å². The molecule has 1 aromatic rings. The highest BCUT2D eigenvalue weighted by Crippen LogP contribution is 2.38. The van der Waals surface area contributed by atoms with Crippen LogP contribution in [0.3, 0.4) is 0 Å². The Morgan fingerprint density at radius 3 is 2.72 bits per heavy atom. The van der Waals surface area contributed by atoms with Crippen molar-refractivity contribution in [1.29, 1.82) is 0 Å². The molecule has 1 saturated carbocycles. The maximum absolute atomic E-state index is 13.3. The number of phenols is 1. The molecule has 0 spiro atoms. The molecule has 0 radical (unpaired) electrons. The number of aromatic hydroxyl groups is 1. The van der Waals surface area contributed by atoms with Crippen molar-refractivity contribution in [3.8, 4) is 5.75 Å². The second-order valence-corrected chi connectivity index (χ2v) is 4.60. The number of amides is 2. The van der Waals surface area contributed by atoms with E-state index in [2.05, 4.69) is 4.99 Å². The van der Waals surface area contributed by atoms with Gasteiger partial charge in [-0.1, -0.05) is 0 Å². The molecule has 2 amide bonds. The van der Waals surface area contributed by atoms with Gasteiger partial charge in [-0.15, -0.1) is 0 Å². The van der Waals surface area contributed by atoms with E-state index in [0.717, 1.165) is 18.9 Å². The summed E-state index contributed by atoms with van der Waals surface area (Å²) in [6.07, 6.45) is 1.82. The summed E-state index contributed by atoms with van der Waals surface area (Å²) >= 11 is 0. The number of hydrogen-bond donors (Lipinski definition) is 2. The van der Waals surface area contributed by atoms with E-state index in [-0.39, 0.29) is 23.7 Å². The second kappa shape index (κ2) is 3.69. The van der Waals surface area contributed by atoms with Gasteiger partial charge in [0.15, 0.2) is 0 Å². The highest BCUT2D eigenvalue weighted by molar-refractivity contribution is 6.03. The minimum absolute atomic E-state index is 0.123. The quantitative estimate of drug-likeness (QED) is 0.834. The zero-order chi connectivity index (χ0) is 12.9. The molecule has 0 aromatic heterocycles. The molecule has 3 rings (SSSR count). The third kappa shape index (κ3) is 1.70. The maximum atomic E-state index is 13.3. The number of carbonyl (C=O) groups is 1. The zero-order valence-corrected chi connectivity index (χ0v) is 9.51. The lowest BCUT2D eigenvalue weighted by atomic mass is 10.0. The van der Waals surface area contributed by atoms with Crippen LogP contribution in [0.5, 0.6) is 5.75 Å². The average molecular weight is 249 g/mol. The molecule has 0 saturated heterocycles. The molecular weight excluding hydrogens is 237 g/mol. The van der Waals surface area contributed by atoms with Crippen LogP contribution in [-0.4, -0.2) is 27.9 Å². The van der Waals surface area contributed by atoms with Crippen LogP contribution in [-0.2, 0) is 0 Å². The Balaban J connectivity index is 2.02. The first-order valence-corrected chi connectivity index (χ1v) is 5.72. The van der Waals surface area contributed by atoms with Crippen molar-refractivity contribution in [2.45, 2.75) is 24.9 Å². The van der Waals surface area contributed by atoms with E-state index in [1.165, 1.54) is 12.1 Å². The van der Waals surface area contributed by atoms with Crippen molar-refractivity contribution < 1.29 is 14.3 Å². The van der Waals surface area contributed by atoms with Crippen LogP contribution in [0.25, 0.3) is 0 Å². The molecule has 1 unspecified atom stereocenters. The fourth-order valence-corrected chi connectivity index (χ4v) is 2.29. The molecule has 1 aliphatic heterocycles. The lowest BCUT2D eigenvalue weighted by Crippen LogP contribution is -2.35. The summed E-state index contributed by atoms with van der Waals surface area (Å²) in [6.45, 7) is 0. The van der Waals surface area contributed by atoms with Crippen LogP contribution in [0.15, 0.2) is 23.2 Å². The Bertz CT molecular complexity index is 534. The number of hydrogen-bond acceptors (Lipinski definition) is 3. The topological polar surface area (TPSA) is 78.9 Å². The van der Waals surface area contributed by atoms with Gasteiger partial charge in [-0.2, -0.15) is 4.99 Å². The Kier molecular flexibility index (Phi) is 2.26. The molecule has 2 aliphatic rings. The normalized spacial score (nSPS) is 23.4. The van der Waals surface area contributed by atoms with Gasteiger partial charge in [0.05, 0.1) is 0 Å². The van der Waals surface area contributed by atoms with E-state index in [1.807, 2.05) is 0 Å². The summed E-state index contributed by atoms with van der Waals surface area (Å²) in [7, 11) is 0. The van der Waals surface area contributed by atoms with Gasteiger partial charge in [0.1, 0.15) is 23.4 Å². The van der Waals surface area contributed by atoms with E-state index >= 15 is 0 Å². The van der Waals surface area contributed by atoms with Gasteiger partial charge in [-0.3, -0.25) is 0 Å². The third-order valence-corrected chi connectivity index (χ3v) is 3.16. The fraction of sp³-hybridized carbons (Fsp3) is 0.333. The molecule has 1 atom stereocenters. The van der Waals surface area contributed by atoms with E-state index in [0.29, 0.717) is 5.56 Å². The molecule has 1 heterocycles. The zero-order valence-electron chi connectivity index (χ0n) is 9.51. The number of carbonyl (C=O) groups excluding carboxylic acids is 1. The van der Waals surface area contributed by atoms with E-state index in [4.69, 9.17) is 5.73 Å². The molecule has 1 aliphatic carbocycles. The lowest BCUT2D eigenvalue weighted by molar-refractivity contribution is 0.203. The van der Waals surface area contributed by atoms with E-state index in [1.54, 1.807) is 4.90 Å². The number of nitrogens with two attached hydrogens (primary N) is 1. The smallest absolute Gasteiger partial charge is 0.346 e. The molecule has 1 aromatic carbocycles. The Labute approximate surface area is 103 Å². The molecule has 3 N–H and O–H groups in total. The van der Waals surface area contributed by atoms with Crippen LogP contribution in [0.4, 0.5) is 9.18 Å². The lowest BCUT2D eigenvalue weighted by Gasteiger charge is -2.24.